The molecule has 2 heteroatoms. The molecule has 17 heavy (non-hydrogen) atoms. The van der Waals surface area contributed by atoms with Gasteiger partial charge in [-0.05, 0) is 37.6 Å². The Morgan fingerprint density at radius 3 is 2.41 bits per heavy atom. The van der Waals surface area contributed by atoms with E-state index >= 15 is 0 Å². The molecule has 0 radical (unpaired) electrons. The molecule has 0 aliphatic rings. The maximum Gasteiger partial charge on any atom is 0.119 e. The highest BCUT2D eigenvalue weighted by atomic mass is 16.5. The van der Waals surface area contributed by atoms with E-state index in [-0.39, 0.29) is 0 Å². The van der Waals surface area contributed by atoms with Gasteiger partial charge in [0.1, 0.15) is 5.75 Å². The molecule has 1 atom stereocenters. The third-order valence-electron chi connectivity index (χ3n) is 3.36. The van der Waals surface area contributed by atoms with E-state index in [1.807, 2.05) is 20.0 Å². The van der Waals surface area contributed by atoms with Gasteiger partial charge in [0.15, 0.2) is 0 Å². The summed E-state index contributed by atoms with van der Waals surface area (Å²) in [6.45, 7) is 7.25. The zero-order valence-corrected chi connectivity index (χ0v) is 11.5. The Kier molecular flexibility index (Phi) is 6.06. The average Bonchev–Trinajstić information content (AvgIpc) is 2.36. The van der Waals surface area contributed by atoms with Gasteiger partial charge in [0.2, 0.25) is 0 Å². The van der Waals surface area contributed by atoms with Crippen LogP contribution < -0.4 is 10.1 Å². The van der Waals surface area contributed by atoms with E-state index < -0.39 is 0 Å². The van der Waals surface area contributed by atoms with Crippen molar-refractivity contribution in [2.45, 2.75) is 39.7 Å². The van der Waals surface area contributed by atoms with Gasteiger partial charge in [-0.25, -0.2) is 0 Å². The lowest BCUT2D eigenvalue weighted by Gasteiger charge is -2.25. The molecule has 1 aromatic rings. The zero-order valence-electron chi connectivity index (χ0n) is 11.5. The molecule has 0 aliphatic heterocycles. The standard InChI is InChI=1S/C15H25NO/c1-5-12(6-2)15(16-4)13-9-8-10-14(11-13)17-7-3/h8-12,15-16H,5-7H2,1-4H3. The van der Waals surface area contributed by atoms with Gasteiger partial charge in [0, 0.05) is 6.04 Å². The van der Waals surface area contributed by atoms with Crippen LogP contribution in [-0.2, 0) is 0 Å². The number of benzene rings is 1. The van der Waals surface area contributed by atoms with E-state index in [4.69, 9.17) is 4.74 Å². The number of nitrogens with one attached hydrogen (secondary N) is 1. The fraction of sp³-hybridized carbons (Fsp3) is 0.600. The number of hydrogen-bond donors (Lipinski definition) is 1. The summed E-state index contributed by atoms with van der Waals surface area (Å²) in [6.07, 6.45) is 2.39. The first-order chi connectivity index (χ1) is 8.26. The third-order valence-corrected chi connectivity index (χ3v) is 3.36. The van der Waals surface area contributed by atoms with E-state index in [1.54, 1.807) is 0 Å². The van der Waals surface area contributed by atoms with Gasteiger partial charge in [0.25, 0.3) is 0 Å². The highest BCUT2D eigenvalue weighted by Crippen LogP contribution is 2.29. The van der Waals surface area contributed by atoms with Gasteiger partial charge in [-0.1, -0.05) is 38.8 Å². The van der Waals surface area contributed by atoms with Gasteiger partial charge in [-0.3, -0.25) is 0 Å². The lowest BCUT2D eigenvalue weighted by molar-refractivity contribution is 0.334. The van der Waals surface area contributed by atoms with E-state index in [0.29, 0.717) is 12.0 Å². The summed E-state index contributed by atoms with van der Waals surface area (Å²) in [5.74, 6) is 1.65. The minimum atomic E-state index is 0.422. The van der Waals surface area contributed by atoms with Crippen LogP contribution in [-0.4, -0.2) is 13.7 Å². The first kappa shape index (κ1) is 14.0. The van der Waals surface area contributed by atoms with Crippen molar-refractivity contribution in [3.8, 4) is 5.75 Å². The molecule has 0 saturated carbocycles. The second kappa shape index (κ2) is 7.33. The average molecular weight is 235 g/mol. The van der Waals surface area contributed by atoms with Crippen LogP contribution in [0, 0.1) is 5.92 Å². The van der Waals surface area contributed by atoms with Crippen molar-refractivity contribution < 1.29 is 4.74 Å². The lowest BCUT2D eigenvalue weighted by Crippen LogP contribution is -2.24. The van der Waals surface area contributed by atoms with Crippen LogP contribution in [0.2, 0.25) is 0 Å². The molecule has 0 aliphatic carbocycles. The van der Waals surface area contributed by atoms with E-state index in [2.05, 4.69) is 37.4 Å². The second-order valence-corrected chi connectivity index (χ2v) is 4.35. The Morgan fingerprint density at radius 1 is 1.18 bits per heavy atom. The Bertz CT molecular complexity index is 320. The van der Waals surface area contributed by atoms with E-state index in [9.17, 15) is 0 Å². The minimum Gasteiger partial charge on any atom is -0.494 e. The molecule has 0 bridgehead atoms. The topological polar surface area (TPSA) is 21.3 Å². The van der Waals surface area contributed by atoms with Crippen LogP contribution in [0.25, 0.3) is 0 Å². The quantitative estimate of drug-likeness (QED) is 0.776. The molecule has 1 rings (SSSR count). The molecule has 0 heterocycles. The Hall–Kier alpha value is -1.02. The van der Waals surface area contributed by atoms with Crippen molar-refractivity contribution in [2.24, 2.45) is 5.92 Å². The molecule has 1 unspecified atom stereocenters. The normalized spacial score (nSPS) is 12.8. The van der Waals surface area contributed by atoms with Crippen LogP contribution in [0.1, 0.15) is 45.2 Å². The molecule has 0 aromatic heterocycles. The predicted molar refractivity (Wildman–Crippen MR) is 73.5 cm³/mol. The maximum absolute atomic E-state index is 5.56. The van der Waals surface area contributed by atoms with Gasteiger partial charge >= 0.3 is 0 Å². The van der Waals surface area contributed by atoms with Crippen molar-refractivity contribution in [3.05, 3.63) is 29.8 Å². The highest BCUT2D eigenvalue weighted by Gasteiger charge is 2.18. The number of rotatable bonds is 7. The van der Waals surface area contributed by atoms with Gasteiger partial charge in [-0.15, -0.1) is 0 Å². The molecule has 1 N–H and O–H groups in total. The Labute approximate surface area is 105 Å². The summed E-state index contributed by atoms with van der Waals surface area (Å²) in [7, 11) is 2.04. The van der Waals surface area contributed by atoms with Crippen LogP contribution in [0.15, 0.2) is 24.3 Å². The highest BCUT2D eigenvalue weighted by molar-refractivity contribution is 5.31. The third kappa shape index (κ3) is 3.74. The summed E-state index contributed by atoms with van der Waals surface area (Å²) in [5, 5.41) is 3.43. The number of ether oxygens (including phenoxy) is 1. The molecular formula is C15H25NO. The van der Waals surface area contributed by atoms with Gasteiger partial charge in [0.05, 0.1) is 6.61 Å². The van der Waals surface area contributed by atoms with E-state index in [1.165, 1.54) is 18.4 Å². The largest absolute Gasteiger partial charge is 0.494 e. The fourth-order valence-electron chi connectivity index (χ4n) is 2.40. The lowest BCUT2D eigenvalue weighted by atomic mass is 9.89. The molecule has 0 fully saturated rings. The molecule has 0 saturated heterocycles. The van der Waals surface area contributed by atoms with Gasteiger partial charge < -0.3 is 10.1 Å². The van der Waals surface area contributed by atoms with Crippen molar-refractivity contribution in [1.82, 2.24) is 5.32 Å². The van der Waals surface area contributed by atoms with Crippen LogP contribution >= 0.6 is 0 Å². The van der Waals surface area contributed by atoms with Crippen LogP contribution in [0.5, 0.6) is 5.75 Å². The monoisotopic (exact) mass is 235 g/mol. The van der Waals surface area contributed by atoms with Crippen molar-refractivity contribution in [2.75, 3.05) is 13.7 Å². The van der Waals surface area contributed by atoms with Gasteiger partial charge in [-0.2, -0.15) is 0 Å². The summed E-state index contributed by atoms with van der Waals surface area (Å²) < 4.78 is 5.56. The molecule has 2 nitrogen and oxygen atoms in total. The van der Waals surface area contributed by atoms with Crippen molar-refractivity contribution in [1.29, 1.82) is 0 Å². The molecular weight excluding hydrogens is 210 g/mol. The molecule has 96 valence electrons. The Balaban J connectivity index is 2.90. The molecule has 0 amide bonds. The first-order valence-electron chi connectivity index (χ1n) is 6.66. The molecule has 0 spiro atoms. The summed E-state index contributed by atoms with van der Waals surface area (Å²) in [5.41, 5.74) is 1.33. The summed E-state index contributed by atoms with van der Waals surface area (Å²) in [4.78, 5) is 0. The summed E-state index contributed by atoms with van der Waals surface area (Å²) >= 11 is 0. The SMILES string of the molecule is CCOc1cccc(C(NC)C(CC)CC)c1. The second-order valence-electron chi connectivity index (χ2n) is 4.35. The Morgan fingerprint density at radius 2 is 1.88 bits per heavy atom. The minimum absolute atomic E-state index is 0.422. The zero-order chi connectivity index (χ0) is 12.7. The smallest absolute Gasteiger partial charge is 0.119 e. The van der Waals surface area contributed by atoms with Crippen LogP contribution in [0.4, 0.5) is 0 Å². The van der Waals surface area contributed by atoms with Crippen molar-refractivity contribution in [3.63, 3.8) is 0 Å². The predicted octanol–water partition coefficient (Wildman–Crippen LogP) is 3.78. The maximum atomic E-state index is 5.56. The first-order valence-corrected chi connectivity index (χ1v) is 6.66. The fourth-order valence-corrected chi connectivity index (χ4v) is 2.40. The van der Waals surface area contributed by atoms with Crippen LogP contribution in [0.3, 0.4) is 0 Å². The number of hydrogen-bond acceptors (Lipinski definition) is 2. The summed E-state index contributed by atoms with van der Waals surface area (Å²) in [6, 6.07) is 8.86. The van der Waals surface area contributed by atoms with Crippen molar-refractivity contribution >= 4 is 0 Å². The molecule has 1 aromatic carbocycles. The van der Waals surface area contributed by atoms with E-state index in [0.717, 1.165) is 12.4 Å².